The summed E-state index contributed by atoms with van der Waals surface area (Å²) in [6.07, 6.45) is 6.96. The van der Waals surface area contributed by atoms with Crippen molar-refractivity contribution in [3.8, 4) is 5.69 Å². The highest BCUT2D eigenvalue weighted by molar-refractivity contribution is 5.92. The lowest BCUT2D eigenvalue weighted by molar-refractivity contribution is -0.117. The zero-order valence-corrected chi connectivity index (χ0v) is 16.2. The topological polar surface area (TPSA) is 46.9 Å². The Morgan fingerprint density at radius 3 is 2.56 bits per heavy atom. The van der Waals surface area contributed by atoms with Crippen molar-refractivity contribution in [1.29, 1.82) is 0 Å². The van der Waals surface area contributed by atoms with E-state index < -0.39 is 0 Å². The Morgan fingerprint density at radius 1 is 1.15 bits per heavy atom. The van der Waals surface area contributed by atoms with E-state index in [-0.39, 0.29) is 11.9 Å². The number of nitrogens with zero attached hydrogens (tertiary/aromatic N) is 2. The van der Waals surface area contributed by atoms with E-state index in [0.29, 0.717) is 0 Å². The van der Waals surface area contributed by atoms with Crippen molar-refractivity contribution in [2.45, 2.75) is 33.7 Å². The molecule has 4 heteroatoms. The van der Waals surface area contributed by atoms with Gasteiger partial charge in [-0.25, -0.2) is 0 Å². The van der Waals surface area contributed by atoms with Crippen molar-refractivity contribution in [2.24, 2.45) is 0 Å². The lowest BCUT2D eigenvalue weighted by atomic mass is 10.1. The quantitative estimate of drug-likeness (QED) is 0.672. The van der Waals surface area contributed by atoms with Gasteiger partial charge in [0.25, 0.3) is 0 Å². The summed E-state index contributed by atoms with van der Waals surface area (Å²) >= 11 is 0. The summed E-state index contributed by atoms with van der Waals surface area (Å²) in [5, 5.41) is 2.97. The molecule has 0 aliphatic heterocycles. The summed E-state index contributed by atoms with van der Waals surface area (Å²) in [6, 6.07) is 14.3. The summed E-state index contributed by atoms with van der Waals surface area (Å²) in [5.41, 5.74) is 6.64. The largest absolute Gasteiger partial charge is 0.346 e. The van der Waals surface area contributed by atoms with Crippen molar-refractivity contribution >= 4 is 12.0 Å². The Bertz CT molecular complexity index is 953. The number of aromatic nitrogens is 2. The minimum absolute atomic E-state index is 0.0872. The molecule has 1 unspecified atom stereocenters. The van der Waals surface area contributed by atoms with Crippen LogP contribution in [-0.4, -0.2) is 15.5 Å². The molecular formula is C23H25N3O. The van der Waals surface area contributed by atoms with E-state index in [2.05, 4.69) is 66.0 Å². The fraction of sp³-hybridized carbons (Fsp3) is 0.217. The van der Waals surface area contributed by atoms with Gasteiger partial charge in [-0.15, -0.1) is 0 Å². The van der Waals surface area contributed by atoms with Gasteiger partial charge in [-0.1, -0.05) is 23.8 Å². The van der Waals surface area contributed by atoms with E-state index in [9.17, 15) is 4.79 Å². The smallest absolute Gasteiger partial charge is 0.244 e. The van der Waals surface area contributed by atoms with Crippen molar-refractivity contribution in [2.75, 3.05) is 0 Å². The van der Waals surface area contributed by atoms with Gasteiger partial charge in [0, 0.05) is 35.5 Å². The van der Waals surface area contributed by atoms with Crippen LogP contribution in [0.1, 0.15) is 41.0 Å². The Hall–Kier alpha value is -3.14. The zero-order valence-electron chi connectivity index (χ0n) is 16.2. The number of nitrogens with one attached hydrogen (secondary N) is 1. The van der Waals surface area contributed by atoms with Gasteiger partial charge >= 0.3 is 0 Å². The number of carbonyl (C=O) groups excluding carboxylic acids is 1. The van der Waals surface area contributed by atoms with Gasteiger partial charge in [-0.3, -0.25) is 9.78 Å². The van der Waals surface area contributed by atoms with Crippen LogP contribution in [0, 0.1) is 20.8 Å². The fourth-order valence-electron chi connectivity index (χ4n) is 3.19. The summed E-state index contributed by atoms with van der Waals surface area (Å²) in [6.45, 7) is 8.18. The van der Waals surface area contributed by atoms with E-state index >= 15 is 0 Å². The van der Waals surface area contributed by atoms with E-state index in [4.69, 9.17) is 0 Å². The van der Waals surface area contributed by atoms with Gasteiger partial charge < -0.3 is 9.88 Å². The number of amides is 1. The molecule has 1 atom stereocenters. The third-order valence-electron chi connectivity index (χ3n) is 4.72. The predicted molar refractivity (Wildman–Crippen MR) is 110 cm³/mol. The predicted octanol–water partition coefficient (Wildman–Crippen LogP) is 4.69. The lowest BCUT2D eigenvalue weighted by Gasteiger charge is -2.12. The highest BCUT2D eigenvalue weighted by Crippen LogP contribution is 2.22. The number of benzene rings is 1. The molecule has 0 saturated carbocycles. The maximum absolute atomic E-state index is 12.3. The van der Waals surface area contributed by atoms with Crippen LogP contribution in [0.5, 0.6) is 0 Å². The fourth-order valence-corrected chi connectivity index (χ4v) is 3.19. The van der Waals surface area contributed by atoms with Crippen LogP contribution < -0.4 is 5.32 Å². The average Bonchev–Trinajstić information content (AvgIpc) is 2.95. The van der Waals surface area contributed by atoms with Gasteiger partial charge in [-0.2, -0.15) is 0 Å². The number of aryl methyl sites for hydroxylation is 2. The molecule has 0 radical (unpaired) electrons. The second-order valence-electron chi connectivity index (χ2n) is 6.85. The number of carbonyl (C=O) groups is 1. The van der Waals surface area contributed by atoms with Gasteiger partial charge in [0.2, 0.25) is 5.91 Å². The van der Waals surface area contributed by atoms with Crippen molar-refractivity contribution in [3.05, 3.63) is 89.0 Å². The van der Waals surface area contributed by atoms with Crippen LogP contribution in [-0.2, 0) is 4.79 Å². The molecule has 3 rings (SSSR count). The molecule has 1 N–H and O–H groups in total. The van der Waals surface area contributed by atoms with Crippen molar-refractivity contribution in [3.63, 3.8) is 0 Å². The minimum Gasteiger partial charge on any atom is -0.346 e. The highest BCUT2D eigenvalue weighted by atomic mass is 16.1. The molecule has 0 saturated heterocycles. The van der Waals surface area contributed by atoms with Gasteiger partial charge in [-0.05, 0) is 69.2 Å². The summed E-state index contributed by atoms with van der Waals surface area (Å²) < 4.78 is 2.20. The van der Waals surface area contributed by atoms with Crippen LogP contribution in [0.25, 0.3) is 11.8 Å². The summed E-state index contributed by atoms with van der Waals surface area (Å²) in [7, 11) is 0. The number of hydrogen-bond acceptors (Lipinski definition) is 2. The van der Waals surface area contributed by atoms with Crippen molar-refractivity contribution < 1.29 is 4.79 Å². The van der Waals surface area contributed by atoms with Crippen molar-refractivity contribution in [1.82, 2.24) is 14.9 Å². The Morgan fingerprint density at radius 2 is 1.89 bits per heavy atom. The molecule has 1 amide bonds. The van der Waals surface area contributed by atoms with Crippen LogP contribution in [0.15, 0.2) is 60.9 Å². The molecule has 1 aromatic carbocycles. The Kier molecular flexibility index (Phi) is 5.55. The molecule has 27 heavy (non-hydrogen) atoms. The van der Waals surface area contributed by atoms with Crippen LogP contribution in [0.3, 0.4) is 0 Å². The third-order valence-corrected chi connectivity index (χ3v) is 4.72. The first-order valence-electron chi connectivity index (χ1n) is 9.10. The first kappa shape index (κ1) is 18.6. The van der Waals surface area contributed by atoms with Gasteiger partial charge in [0.1, 0.15) is 0 Å². The van der Waals surface area contributed by atoms with Gasteiger partial charge in [0.15, 0.2) is 0 Å². The van der Waals surface area contributed by atoms with E-state index in [0.717, 1.165) is 28.2 Å². The number of hydrogen-bond donors (Lipinski definition) is 1. The van der Waals surface area contributed by atoms with Crippen LogP contribution in [0.4, 0.5) is 0 Å². The van der Waals surface area contributed by atoms with E-state index in [1.807, 2.05) is 25.1 Å². The molecule has 2 heterocycles. The maximum atomic E-state index is 12.3. The monoisotopic (exact) mass is 359 g/mol. The molecule has 0 fully saturated rings. The first-order chi connectivity index (χ1) is 13.0. The molecule has 0 aliphatic carbocycles. The molecule has 4 nitrogen and oxygen atoms in total. The maximum Gasteiger partial charge on any atom is 0.244 e. The number of pyridine rings is 1. The number of rotatable bonds is 5. The summed E-state index contributed by atoms with van der Waals surface area (Å²) in [4.78, 5) is 16.4. The summed E-state index contributed by atoms with van der Waals surface area (Å²) in [5.74, 6) is -0.119. The second-order valence-corrected chi connectivity index (χ2v) is 6.85. The zero-order chi connectivity index (χ0) is 19.4. The van der Waals surface area contributed by atoms with Crippen LogP contribution in [0.2, 0.25) is 0 Å². The van der Waals surface area contributed by atoms with Gasteiger partial charge in [0.05, 0.1) is 6.04 Å². The SMILES string of the molecule is Cc1ccc(-n2c(C)cc(/C=C/C(=O)NC(C)c3cccnc3)c2C)cc1. The lowest BCUT2D eigenvalue weighted by Crippen LogP contribution is -2.24. The molecular weight excluding hydrogens is 334 g/mol. The molecule has 0 spiro atoms. The second kappa shape index (κ2) is 8.04. The normalized spacial score (nSPS) is 12.3. The molecule has 138 valence electrons. The molecule has 0 bridgehead atoms. The average molecular weight is 359 g/mol. The Labute approximate surface area is 160 Å². The minimum atomic E-state index is -0.119. The van der Waals surface area contributed by atoms with E-state index in [1.54, 1.807) is 18.5 Å². The van der Waals surface area contributed by atoms with Crippen LogP contribution >= 0.6 is 0 Å². The molecule has 3 aromatic rings. The first-order valence-corrected chi connectivity index (χ1v) is 9.10. The highest BCUT2D eigenvalue weighted by Gasteiger charge is 2.10. The third kappa shape index (κ3) is 4.34. The Balaban J connectivity index is 1.75. The molecule has 0 aliphatic rings. The molecule has 2 aromatic heterocycles. The standard InChI is InChI=1S/C23H25N3O/c1-16-7-10-22(11-8-16)26-17(2)14-20(19(26)4)9-12-23(27)25-18(3)21-6-5-13-24-15-21/h5-15,18H,1-4H3,(H,25,27)/b12-9+. The van der Waals surface area contributed by atoms with E-state index in [1.165, 1.54) is 5.56 Å².